The van der Waals surface area contributed by atoms with Crippen LogP contribution in [-0.4, -0.2) is 39.6 Å². The van der Waals surface area contributed by atoms with Crippen LogP contribution in [0.5, 0.6) is 0 Å². The summed E-state index contributed by atoms with van der Waals surface area (Å²) in [5, 5.41) is 0. The van der Waals surface area contributed by atoms with Crippen LogP contribution in [0.15, 0.2) is 0 Å². The summed E-state index contributed by atoms with van der Waals surface area (Å²) in [6.07, 6.45) is 6.68. The highest BCUT2D eigenvalue weighted by Crippen LogP contribution is 2.12. The number of hydrogen-bond acceptors (Lipinski definition) is 3. The molecule has 0 aromatic heterocycles. The monoisotopic (exact) mass is 294 g/mol. The van der Waals surface area contributed by atoms with Crippen molar-refractivity contribution in [1.29, 1.82) is 0 Å². The van der Waals surface area contributed by atoms with Gasteiger partial charge in [0.25, 0.3) is 0 Å². The van der Waals surface area contributed by atoms with Crippen LogP contribution in [-0.2, 0) is 13.3 Å². The first-order chi connectivity index (χ1) is 8.18. The van der Waals surface area contributed by atoms with Crippen LogP contribution in [0.4, 0.5) is 0 Å². The topological polar surface area (TPSA) is 27.7 Å². The van der Waals surface area contributed by atoms with Gasteiger partial charge in [0, 0.05) is 26.4 Å². The predicted molar refractivity (Wildman–Crippen MR) is 85.5 cm³/mol. The molecule has 0 amide bonds. The molecule has 0 bridgehead atoms. The van der Waals surface area contributed by atoms with E-state index in [1.807, 2.05) is 6.55 Å². The Balaban J connectivity index is 0. The van der Waals surface area contributed by atoms with Gasteiger partial charge in [0.15, 0.2) is 0 Å². The second-order valence-corrected chi connectivity index (χ2v) is 7.06. The zero-order chi connectivity index (χ0) is 13.0. The first-order valence-corrected chi connectivity index (χ1v) is 9.32. The third-order valence-electron chi connectivity index (χ3n) is 2.59. The maximum absolute atomic E-state index is 5.86. The summed E-state index contributed by atoms with van der Waals surface area (Å²) in [6, 6.07) is 0. The SMILES string of the molecule is CCCCO[Si](C)(OCCCC)OCCCC.[SiH4]. The third-order valence-corrected chi connectivity index (χ3v) is 4.77. The van der Waals surface area contributed by atoms with Gasteiger partial charge >= 0.3 is 8.80 Å². The summed E-state index contributed by atoms with van der Waals surface area (Å²) in [5.74, 6) is 0. The Kier molecular flexibility index (Phi) is 15.7. The Morgan fingerprint density at radius 1 is 0.667 bits per heavy atom. The molecule has 5 heteroatoms. The van der Waals surface area contributed by atoms with Crippen molar-refractivity contribution in [3.05, 3.63) is 0 Å². The number of rotatable bonds is 12. The van der Waals surface area contributed by atoms with Crippen LogP contribution < -0.4 is 0 Å². The molecule has 0 saturated carbocycles. The summed E-state index contributed by atoms with van der Waals surface area (Å²) in [5.41, 5.74) is 0. The number of unbranched alkanes of at least 4 members (excludes halogenated alkanes) is 3. The molecule has 0 aliphatic carbocycles. The summed E-state index contributed by atoms with van der Waals surface area (Å²) in [7, 11) is -2.36. The van der Waals surface area contributed by atoms with E-state index < -0.39 is 8.80 Å². The predicted octanol–water partition coefficient (Wildman–Crippen LogP) is 2.55. The highest BCUT2D eigenvalue weighted by Gasteiger charge is 2.34. The fraction of sp³-hybridized carbons (Fsp3) is 1.00. The number of hydrogen-bond donors (Lipinski definition) is 0. The van der Waals surface area contributed by atoms with Gasteiger partial charge in [-0.25, -0.2) is 0 Å². The van der Waals surface area contributed by atoms with Gasteiger partial charge in [-0.15, -0.1) is 0 Å². The van der Waals surface area contributed by atoms with E-state index in [0.29, 0.717) is 0 Å². The summed E-state index contributed by atoms with van der Waals surface area (Å²) in [6.45, 7) is 10.8. The summed E-state index contributed by atoms with van der Waals surface area (Å²) >= 11 is 0. The average Bonchev–Trinajstić information content (AvgIpc) is 2.30. The molecule has 0 saturated heterocycles. The molecule has 0 aliphatic heterocycles. The minimum absolute atomic E-state index is 0. The van der Waals surface area contributed by atoms with E-state index in [0.717, 1.165) is 58.3 Å². The van der Waals surface area contributed by atoms with Crippen molar-refractivity contribution in [2.75, 3.05) is 19.8 Å². The Hall–Kier alpha value is 0.314. The largest absolute Gasteiger partial charge is 0.497 e. The minimum atomic E-state index is -2.36. The van der Waals surface area contributed by atoms with Crippen molar-refractivity contribution in [2.45, 2.75) is 65.8 Å². The molecule has 0 radical (unpaired) electrons. The first kappa shape index (κ1) is 20.6. The average molecular weight is 295 g/mol. The summed E-state index contributed by atoms with van der Waals surface area (Å²) in [4.78, 5) is 0. The third kappa shape index (κ3) is 11.4. The van der Waals surface area contributed by atoms with Gasteiger partial charge < -0.3 is 13.3 Å². The maximum atomic E-state index is 5.86. The molecule has 18 heavy (non-hydrogen) atoms. The van der Waals surface area contributed by atoms with E-state index in [4.69, 9.17) is 13.3 Å². The van der Waals surface area contributed by atoms with Gasteiger partial charge in [-0.05, 0) is 30.2 Å². The van der Waals surface area contributed by atoms with Crippen LogP contribution in [0.1, 0.15) is 59.3 Å². The molecule has 0 atom stereocenters. The molecule has 0 N–H and O–H groups in total. The zero-order valence-corrected chi connectivity index (χ0v) is 13.1. The normalized spacial score (nSPS) is 11.3. The maximum Gasteiger partial charge on any atom is 0.497 e. The first-order valence-electron chi connectivity index (χ1n) is 7.10. The summed E-state index contributed by atoms with van der Waals surface area (Å²) < 4.78 is 17.6. The van der Waals surface area contributed by atoms with Gasteiger partial charge in [-0.3, -0.25) is 0 Å². The van der Waals surface area contributed by atoms with Crippen molar-refractivity contribution < 1.29 is 13.3 Å². The zero-order valence-electron chi connectivity index (χ0n) is 12.1. The Labute approximate surface area is 119 Å². The molecule has 3 nitrogen and oxygen atoms in total. The van der Waals surface area contributed by atoms with E-state index in [1.54, 1.807) is 0 Å². The van der Waals surface area contributed by atoms with Gasteiger partial charge in [-0.1, -0.05) is 40.0 Å². The van der Waals surface area contributed by atoms with Gasteiger partial charge in [0.05, 0.1) is 0 Å². The fourth-order valence-corrected chi connectivity index (χ4v) is 3.13. The van der Waals surface area contributed by atoms with E-state index in [1.165, 1.54) is 0 Å². The quantitative estimate of drug-likeness (QED) is 0.409. The second-order valence-electron chi connectivity index (χ2n) is 4.47. The van der Waals surface area contributed by atoms with Crippen LogP contribution in [0.25, 0.3) is 0 Å². The van der Waals surface area contributed by atoms with E-state index in [2.05, 4.69) is 20.8 Å². The van der Waals surface area contributed by atoms with Crippen LogP contribution in [0, 0.1) is 0 Å². The van der Waals surface area contributed by atoms with Crippen LogP contribution >= 0.6 is 0 Å². The molecular formula is C13H34O3Si2. The molecule has 0 aromatic carbocycles. The van der Waals surface area contributed by atoms with Crippen molar-refractivity contribution in [3.63, 3.8) is 0 Å². The van der Waals surface area contributed by atoms with Crippen molar-refractivity contribution in [3.8, 4) is 0 Å². The highest BCUT2D eigenvalue weighted by molar-refractivity contribution is 6.59. The lowest BCUT2D eigenvalue weighted by molar-refractivity contribution is 0.0628. The lowest BCUT2D eigenvalue weighted by atomic mass is 10.4. The Morgan fingerprint density at radius 3 is 1.17 bits per heavy atom. The van der Waals surface area contributed by atoms with Gasteiger partial charge in [-0.2, -0.15) is 0 Å². The molecule has 0 spiro atoms. The molecule has 0 heterocycles. The lowest BCUT2D eigenvalue weighted by Gasteiger charge is -2.26. The molecule has 0 aliphatic rings. The van der Waals surface area contributed by atoms with E-state index in [-0.39, 0.29) is 11.0 Å². The second kappa shape index (κ2) is 13.7. The standard InChI is InChI=1S/C13H30O3Si.H4Si/c1-5-8-11-14-17(4,15-12-9-6-2)16-13-10-7-3;/h5-13H2,1-4H3;1H4. The Morgan fingerprint density at radius 2 is 0.944 bits per heavy atom. The molecule has 0 unspecified atom stereocenters. The minimum Gasteiger partial charge on any atom is -0.374 e. The van der Waals surface area contributed by atoms with E-state index >= 15 is 0 Å². The van der Waals surface area contributed by atoms with Crippen molar-refractivity contribution >= 4 is 19.8 Å². The van der Waals surface area contributed by atoms with Gasteiger partial charge in [0.1, 0.15) is 0 Å². The molecule has 0 fully saturated rings. The van der Waals surface area contributed by atoms with Gasteiger partial charge in [0.2, 0.25) is 0 Å². The highest BCUT2D eigenvalue weighted by atomic mass is 28.4. The van der Waals surface area contributed by atoms with Crippen molar-refractivity contribution in [2.24, 2.45) is 0 Å². The Bertz CT molecular complexity index is 142. The van der Waals surface area contributed by atoms with Crippen LogP contribution in [0.3, 0.4) is 0 Å². The molecule has 0 rings (SSSR count). The van der Waals surface area contributed by atoms with Crippen molar-refractivity contribution in [1.82, 2.24) is 0 Å². The molecule has 0 aromatic rings. The molecule has 112 valence electrons. The lowest BCUT2D eigenvalue weighted by Crippen LogP contribution is -2.43. The molecular weight excluding hydrogens is 260 g/mol. The van der Waals surface area contributed by atoms with E-state index in [9.17, 15) is 0 Å². The fourth-order valence-electron chi connectivity index (χ4n) is 1.33. The van der Waals surface area contributed by atoms with Crippen LogP contribution in [0.2, 0.25) is 6.55 Å². The smallest absolute Gasteiger partial charge is 0.374 e.